The van der Waals surface area contributed by atoms with Gasteiger partial charge in [0.2, 0.25) is 11.8 Å². The Kier molecular flexibility index (Phi) is 2.78. The molecule has 5 heteroatoms. The van der Waals surface area contributed by atoms with Crippen molar-refractivity contribution in [2.24, 2.45) is 0 Å². The Labute approximate surface area is 101 Å². The van der Waals surface area contributed by atoms with Gasteiger partial charge in [-0.3, -0.25) is 9.59 Å². The zero-order valence-corrected chi connectivity index (χ0v) is 9.93. The molecule has 0 aliphatic carbocycles. The van der Waals surface area contributed by atoms with Crippen LogP contribution in [0.25, 0.3) is 0 Å². The Balaban J connectivity index is 1.78. The van der Waals surface area contributed by atoms with Crippen LogP contribution in [-0.4, -0.2) is 60.0 Å². The first-order chi connectivity index (χ1) is 8.27. The van der Waals surface area contributed by atoms with E-state index in [0.717, 1.165) is 32.2 Å². The van der Waals surface area contributed by atoms with Crippen LogP contribution < -0.4 is 0 Å². The topological polar surface area (TPSA) is 49.9 Å². The van der Waals surface area contributed by atoms with Crippen molar-refractivity contribution in [2.75, 3.05) is 26.3 Å². The van der Waals surface area contributed by atoms with Crippen LogP contribution in [0, 0.1) is 0 Å². The number of ether oxygens (including phenoxy) is 1. The van der Waals surface area contributed by atoms with Gasteiger partial charge in [0, 0.05) is 13.2 Å². The standard InChI is InChI=1S/C12H18N2O3/c15-11-7-14(9-4-6-17-8-9)12(16)10-3-1-2-5-13(10)11/h9-10H,1-8H2. The largest absolute Gasteiger partial charge is 0.379 e. The highest BCUT2D eigenvalue weighted by Gasteiger charge is 2.43. The quantitative estimate of drug-likeness (QED) is 0.646. The lowest BCUT2D eigenvalue weighted by Gasteiger charge is -2.44. The third-order valence-electron chi connectivity index (χ3n) is 4.04. The minimum atomic E-state index is -0.189. The molecule has 3 aliphatic heterocycles. The second kappa shape index (κ2) is 4.29. The van der Waals surface area contributed by atoms with E-state index in [-0.39, 0.29) is 30.4 Å². The summed E-state index contributed by atoms with van der Waals surface area (Å²) in [4.78, 5) is 27.9. The van der Waals surface area contributed by atoms with Gasteiger partial charge in [-0.25, -0.2) is 0 Å². The number of piperidine rings is 1. The lowest BCUT2D eigenvalue weighted by Crippen LogP contribution is -2.63. The third kappa shape index (κ3) is 1.82. The summed E-state index contributed by atoms with van der Waals surface area (Å²) in [5, 5.41) is 0. The van der Waals surface area contributed by atoms with Gasteiger partial charge in [0.15, 0.2) is 0 Å². The van der Waals surface area contributed by atoms with Crippen molar-refractivity contribution >= 4 is 11.8 Å². The lowest BCUT2D eigenvalue weighted by atomic mass is 9.97. The van der Waals surface area contributed by atoms with Crippen LogP contribution in [0.2, 0.25) is 0 Å². The van der Waals surface area contributed by atoms with Crippen LogP contribution in [0.3, 0.4) is 0 Å². The van der Waals surface area contributed by atoms with Gasteiger partial charge >= 0.3 is 0 Å². The first-order valence-corrected chi connectivity index (χ1v) is 6.45. The van der Waals surface area contributed by atoms with E-state index in [2.05, 4.69) is 0 Å². The molecule has 3 aliphatic rings. The number of carbonyl (C=O) groups is 2. The molecular formula is C12H18N2O3. The number of fused-ring (bicyclic) bond motifs is 1. The highest BCUT2D eigenvalue weighted by atomic mass is 16.5. The maximum absolute atomic E-state index is 12.4. The molecule has 3 rings (SSSR count). The van der Waals surface area contributed by atoms with Crippen molar-refractivity contribution in [3.8, 4) is 0 Å². The molecule has 0 spiro atoms. The Morgan fingerprint density at radius 3 is 2.76 bits per heavy atom. The molecule has 3 fully saturated rings. The number of amides is 2. The average molecular weight is 238 g/mol. The molecule has 0 aromatic heterocycles. The molecule has 17 heavy (non-hydrogen) atoms. The maximum Gasteiger partial charge on any atom is 0.246 e. The highest BCUT2D eigenvalue weighted by molar-refractivity contribution is 5.95. The third-order valence-corrected chi connectivity index (χ3v) is 4.04. The fourth-order valence-electron chi connectivity index (χ4n) is 3.07. The molecule has 0 bridgehead atoms. The molecule has 5 nitrogen and oxygen atoms in total. The van der Waals surface area contributed by atoms with Gasteiger partial charge < -0.3 is 14.5 Å². The number of hydrogen-bond acceptors (Lipinski definition) is 3. The van der Waals surface area contributed by atoms with E-state index in [1.165, 1.54) is 0 Å². The summed E-state index contributed by atoms with van der Waals surface area (Å²) in [6.07, 6.45) is 3.78. The smallest absolute Gasteiger partial charge is 0.246 e. The minimum Gasteiger partial charge on any atom is -0.379 e. The van der Waals surface area contributed by atoms with Crippen molar-refractivity contribution < 1.29 is 14.3 Å². The molecule has 2 atom stereocenters. The van der Waals surface area contributed by atoms with Crippen LogP contribution in [-0.2, 0) is 14.3 Å². The maximum atomic E-state index is 12.4. The number of piperazine rings is 1. The van der Waals surface area contributed by atoms with Gasteiger partial charge in [0.25, 0.3) is 0 Å². The van der Waals surface area contributed by atoms with E-state index in [1.807, 2.05) is 0 Å². The predicted octanol–water partition coefficient (Wildman–Crippen LogP) is -0.00140. The Morgan fingerprint density at radius 2 is 2.00 bits per heavy atom. The van der Waals surface area contributed by atoms with E-state index in [1.54, 1.807) is 9.80 Å². The molecule has 0 aromatic rings. The fraction of sp³-hybridized carbons (Fsp3) is 0.833. The van der Waals surface area contributed by atoms with Gasteiger partial charge in [0.05, 0.1) is 12.6 Å². The molecule has 0 radical (unpaired) electrons. The number of hydrogen-bond donors (Lipinski definition) is 0. The summed E-state index contributed by atoms with van der Waals surface area (Å²) in [5.74, 6) is 0.251. The summed E-state index contributed by atoms with van der Waals surface area (Å²) in [6, 6.07) is -0.0684. The van der Waals surface area contributed by atoms with Crippen molar-refractivity contribution in [2.45, 2.75) is 37.8 Å². The number of rotatable bonds is 1. The van der Waals surface area contributed by atoms with Gasteiger partial charge in [-0.1, -0.05) is 0 Å². The second-order valence-electron chi connectivity index (χ2n) is 5.08. The zero-order chi connectivity index (χ0) is 11.8. The van der Waals surface area contributed by atoms with Crippen molar-refractivity contribution in [3.63, 3.8) is 0 Å². The molecule has 0 N–H and O–H groups in total. The van der Waals surface area contributed by atoms with Crippen LogP contribution >= 0.6 is 0 Å². The summed E-state index contributed by atoms with van der Waals surface area (Å²) in [7, 11) is 0. The molecule has 94 valence electrons. The summed E-state index contributed by atoms with van der Waals surface area (Å²) < 4.78 is 5.31. The Bertz CT molecular complexity index is 339. The second-order valence-corrected chi connectivity index (χ2v) is 5.08. The van der Waals surface area contributed by atoms with E-state index >= 15 is 0 Å². The number of carbonyl (C=O) groups excluding carboxylic acids is 2. The van der Waals surface area contributed by atoms with Gasteiger partial charge in [-0.05, 0) is 25.7 Å². The molecule has 0 aromatic carbocycles. The lowest BCUT2D eigenvalue weighted by molar-refractivity contribution is -0.160. The molecule has 3 heterocycles. The van der Waals surface area contributed by atoms with Gasteiger partial charge in [-0.15, -0.1) is 0 Å². The van der Waals surface area contributed by atoms with Gasteiger partial charge in [0.1, 0.15) is 12.6 Å². The predicted molar refractivity (Wildman–Crippen MR) is 60.3 cm³/mol. The normalized spacial score (nSPS) is 34.1. The van der Waals surface area contributed by atoms with Crippen LogP contribution in [0.15, 0.2) is 0 Å². The van der Waals surface area contributed by atoms with E-state index in [4.69, 9.17) is 4.74 Å². The SMILES string of the molecule is O=C1C2CCCCN2C(=O)CN1C1CCOC1. The molecule has 3 saturated heterocycles. The van der Waals surface area contributed by atoms with E-state index < -0.39 is 0 Å². The highest BCUT2D eigenvalue weighted by Crippen LogP contribution is 2.26. The molecule has 0 saturated carbocycles. The van der Waals surface area contributed by atoms with E-state index in [9.17, 15) is 9.59 Å². The molecule has 2 amide bonds. The summed E-state index contributed by atoms with van der Waals surface area (Å²) in [6.45, 7) is 2.30. The zero-order valence-electron chi connectivity index (χ0n) is 9.93. The molecule has 2 unspecified atom stereocenters. The first-order valence-electron chi connectivity index (χ1n) is 6.45. The van der Waals surface area contributed by atoms with E-state index in [0.29, 0.717) is 13.2 Å². The van der Waals surface area contributed by atoms with Crippen LogP contribution in [0.5, 0.6) is 0 Å². The number of nitrogens with zero attached hydrogens (tertiary/aromatic N) is 2. The first kappa shape index (κ1) is 11.0. The van der Waals surface area contributed by atoms with Crippen LogP contribution in [0.1, 0.15) is 25.7 Å². The Hall–Kier alpha value is -1.10. The van der Waals surface area contributed by atoms with Gasteiger partial charge in [-0.2, -0.15) is 0 Å². The van der Waals surface area contributed by atoms with Crippen molar-refractivity contribution in [1.29, 1.82) is 0 Å². The fourth-order valence-corrected chi connectivity index (χ4v) is 3.07. The average Bonchev–Trinajstić information content (AvgIpc) is 2.87. The summed E-state index contributed by atoms with van der Waals surface area (Å²) >= 11 is 0. The minimum absolute atomic E-state index is 0.112. The van der Waals surface area contributed by atoms with Crippen molar-refractivity contribution in [1.82, 2.24) is 9.80 Å². The summed E-state index contributed by atoms with van der Waals surface area (Å²) in [5.41, 5.74) is 0. The van der Waals surface area contributed by atoms with Crippen LogP contribution in [0.4, 0.5) is 0 Å². The monoisotopic (exact) mass is 238 g/mol. The van der Waals surface area contributed by atoms with Crippen molar-refractivity contribution in [3.05, 3.63) is 0 Å². The Morgan fingerprint density at radius 1 is 1.12 bits per heavy atom. The molecular weight excluding hydrogens is 220 g/mol.